The zero-order chi connectivity index (χ0) is 11.4. The summed E-state index contributed by atoms with van der Waals surface area (Å²) in [6.07, 6.45) is -0.264. The maximum absolute atomic E-state index is 11.9. The molecule has 0 unspecified atom stereocenters. The smallest absolute Gasteiger partial charge is 0.387 e. The Morgan fingerprint density at radius 3 is 2.73 bits per heavy atom. The summed E-state index contributed by atoms with van der Waals surface area (Å²) >= 11 is 0. The molecule has 1 aromatic carbocycles. The highest BCUT2D eigenvalue weighted by Crippen LogP contribution is 2.24. The van der Waals surface area contributed by atoms with E-state index in [2.05, 4.69) is 4.74 Å². The maximum Gasteiger partial charge on any atom is 0.387 e. The Morgan fingerprint density at radius 1 is 1.53 bits per heavy atom. The van der Waals surface area contributed by atoms with Crippen LogP contribution in [0.5, 0.6) is 5.75 Å². The Morgan fingerprint density at radius 2 is 2.20 bits per heavy atom. The van der Waals surface area contributed by atoms with Gasteiger partial charge in [-0.15, -0.1) is 0 Å². The highest BCUT2D eigenvalue weighted by atomic mass is 19.3. The highest BCUT2D eigenvalue weighted by molar-refractivity contribution is 5.71. The molecule has 0 aromatic heterocycles. The average Bonchev–Trinajstić information content (AvgIpc) is 2.09. The Balaban J connectivity index is 2.89. The first-order chi connectivity index (χ1) is 6.99. The summed E-state index contributed by atoms with van der Waals surface area (Å²) in [5.74, 6) is -1.26. The zero-order valence-electron chi connectivity index (χ0n) is 7.61. The van der Waals surface area contributed by atoms with Gasteiger partial charge in [-0.2, -0.15) is 8.78 Å². The van der Waals surface area contributed by atoms with Crippen LogP contribution in [0.25, 0.3) is 0 Å². The number of nitrogen functional groups attached to an aromatic ring is 1. The predicted octanol–water partition coefficient (Wildman–Crippen LogP) is 1.50. The van der Waals surface area contributed by atoms with E-state index in [1.807, 2.05) is 0 Å². The highest BCUT2D eigenvalue weighted by Gasteiger charge is 2.09. The molecule has 0 amide bonds. The largest absolute Gasteiger partial charge is 0.481 e. The fourth-order valence-corrected chi connectivity index (χ4v) is 1.06. The molecule has 0 aliphatic rings. The van der Waals surface area contributed by atoms with Crippen molar-refractivity contribution in [1.82, 2.24) is 0 Å². The van der Waals surface area contributed by atoms with Crippen molar-refractivity contribution in [3.63, 3.8) is 0 Å². The number of carbonyl (C=O) groups is 1. The lowest BCUT2D eigenvalue weighted by molar-refractivity contribution is -0.136. The van der Waals surface area contributed by atoms with E-state index >= 15 is 0 Å². The van der Waals surface area contributed by atoms with Gasteiger partial charge in [0.25, 0.3) is 0 Å². The molecule has 3 N–H and O–H groups in total. The molecule has 0 saturated carbocycles. The third kappa shape index (κ3) is 3.41. The molecule has 15 heavy (non-hydrogen) atoms. The van der Waals surface area contributed by atoms with E-state index in [9.17, 15) is 13.6 Å². The molecule has 0 aliphatic carbocycles. The van der Waals surface area contributed by atoms with Crippen LogP contribution in [0, 0.1) is 0 Å². The second kappa shape index (κ2) is 4.59. The number of alkyl halides is 2. The second-order valence-corrected chi connectivity index (χ2v) is 2.82. The van der Waals surface area contributed by atoms with Gasteiger partial charge in [-0.05, 0) is 17.7 Å². The van der Waals surface area contributed by atoms with Gasteiger partial charge >= 0.3 is 12.6 Å². The van der Waals surface area contributed by atoms with Crippen molar-refractivity contribution >= 4 is 11.7 Å². The Hall–Kier alpha value is -1.85. The zero-order valence-corrected chi connectivity index (χ0v) is 7.61. The molecule has 0 radical (unpaired) electrons. The summed E-state index contributed by atoms with van der Waals surface area (Å²) in [5.41, 5.74) is 5.76. The molecule has 0 heterocycles. The average molecular weight is 217 g/mol. The van der Waals surface area contributed by atoms with E-state index in [1.54, 1.807) is 0 Å². The normalized spacial score (nSPS) is 10.3. The van der Waals surface area contributed by atoms with Gasteiger partial charge < -0.3 is 15.6 Å². The topological polar surface area (TPSA) is 72.6 Å². The van der Waals surface area contributed by atoms with Crippen molar-refractivity contribution in [1.29, 1.82) is 0 Å². The monoisotopic (exact) mass is 217 g/mol. The minimum absolute atomic E-state index is 0.0458. The van der Waals surface area contributed by atoms with Gasteiger partial charge in [-0.25, -0.2) is 0 Å². The van der Waals surface area contributed by atoms with Crippen LogP contribution < -0.4 is 10.5 Å². The summed E-state index contributed by atoms with van der Waals surface area (Å²) in [7, 11) is 0. The number of anilines is 1. The molecule has 6 heteroatoms. The SMILES string of the molecule is Nc1ccc(CC(=O)O)cc1OC(F)F. The minimum atomic E-state index is -2.98. The van der Waals surface area contributed by atoms with E-state index in [-0.39, 0.29) is 17.9 Å². The minimum Gasteiger partial charge on any atom is -0.481 e. The fourth-order valence-electron chi connectivity index (χ4n) is 1.06. The first kappa shape index (κ1) is 11.2. The molecule has 0 fully saturated rings. The van der Waals surface area contributed by atoms with Gasteiger partial charge in [0.2, 0.25) is 0 Å². The maximum atomic E-state index is 11.9. The van der Waals surface area contributed by atoms with Crippen LogP contribution in [0.4, 0.5) is 14.5 Å². The van der Waals surface area contributed by atoms with Crippen LogP contribution in [-0.4, -0.2) is 17.7 Å². The second-order valence-electron chi connectivity index (χ2n) is 2.82. The summed E-state index contributed by atoms with van der Waals surface area (Å²) < 4.78 is 27.9. The molecule has 0 saturated heterocycles. The summed E-state index contributed by atoms with van der Waals surface area (Å²) in [6.45, 7) is -2.98. The number of benzene rings is 1. The fraction of sp³-hybridized carbons (Fsp3) is 0.222. The number of hydrogen-bond acceptors (Lipinski definition) is 3. The predicted molar refractivity (Wildman–Crippen MR) is 48.8 cm³/mol. The summed E-state index contributed by atoms with van der Waals surface area (Å²) in [6, 6.07) is 3.97. The van der Waals surface area contributed by atoms with Gasteiger partial charge in [-0.1, -0.05) is 6.07 Å². The van der Waals surface area contributed by atoms with Crippen LogP contribution in [0.1, 0.15) is 5.56 Å². The molecule has 82 valence electrons. The molecule has 0 atom stereocenters. The number of ether oxygens (including phenoxy) is 1. The lowest BCUT2D eigenvalue weighted by Gasteiger charge is -2.08. The Bertz CT molecular complexity index is 368. The molecule has 1 aromatic rings. The number of aliphatic carboxylic acids is 1. The van der Waals surface area contributed by atoms with Crippen LogP contribution in [0.3, 0.4) is 0 Å². The number of rotatable bonds is 4. The first-order valence-corrected chi connectivity index (χ1v) is 4.04. The quantitative estimate of drug-likeness (QED) is 0.749. The van der Waals surface area contributed by atoms with Crippen LogP contribution in [0.15, 0.2) is 18.2 Å². The van der Waals surface area contributed by atoms with Gasteiger partial charge in [0.15, 0.2) is 0 Å². The number of hydrogen-bond donors (Lipinski definition) is 2. The third-order valence-corrected chi connectivity index (χ3v) is 1.65. The lowest BCUT2D eigenvalue weighted by Crippen LogP contribution is -2.06. The first-order valence-electron chi connectivity index (χ1n) is 4.04. The third-order valence-electron chi connectivity index (χ3n) is 1.65. The summed E-state index contributed by atoms with van der Waals surface area (Å²) in [5, 5.41) is 8.49. The van der Waals surface area contributed by atoms with E-state index in [0.717, 1.165) is 0 Å². The van der Waals surface area contributed by atoms with Gasteiger partial charge in [0.1, 0.15) is 5.75 Å². The molecule has 0 aliphatic heterocycles. The number of nitrogens with two attached hydrogens (primary N) is 1. The van der Waals surface area contributed by atoms with Gasteiger partial charge in [0, 0.05) is 0 Å². The van der Waals surface area contributed by atoms with E-state index in [0.29, 0.717) is 5.56 Å². The molecular formula is C9H9F2NO3. The lowest BCUT2D eigenvalue weighted by atomic mass is 10.1. The van der Waals surface area contributed by atoms with Crippen molar-refractivity contribution in [3.05, 3.63) is 23.8 Å². The number of carboxylic acid groups (broad SMARTS) is 1. The van der Waals surface area contributed by atoms with E-state index < -0.39 is 12.6 Å². The van der Waals surface area contributed by atoms with E-state index in [4.69, 9.17) is 10.8 Å². The number of carboxylic acids is 1. The van der Waals surface area contributed by atoms with Gasteiger partial charge in [-0.3, -0.25) is 4.79 Å². The van der Waals surface area contributed by atoms with Crippen molar-refractivity contribution in [3.8, 4) is 5.75 Å². The summed E-state index contributed by atoms with van der Waals surface area (Å²) in [4.78, 5) is 10.4. The standard InChI is InChI=1S/C9H9F2NO3/c10-9(11)15-7-3-5(4-8(13)14)1-2-6(7)12/h1-3,9H,4,12H2,(H,13,14). The van der Waals surface area contributed by atoms with Crippen molar-refractivity contribution < 1.29 is 23.4 Å². The van der Waals surface area contributed by atoms with E-state index in [1.165, 1.54) is 18.2 Å². The molecule has 4 nitrogen and oxygen atoms in total. The van der Waals surface area contributed by atoms with Crippen LogP contribution in [-0.2, 0) is 11.2 Å². The Labute approximate surface area is 84.3 Å². The van der Waals surface area contributed by atoms with Gasteiger partial charge in [0.05, 0.1) is 12.1 Å². The van der Waals surface area contributed by atoms with Crippen molar-refractivity contribution in [2.24, 2.45) is 0 Å². The molecule has 1 rings (SSSR count). The van der Waals surface area contributed by atoms with Crippen LogP contribution in [0.2, 0.25) is 0 Å². The molecule has 0 bridgehead atoms. The number of halogens is 2. The van der Waals surface area contributed by atoms with Crippen molar-refractivity contribution in [2.45, 2.75) is 13.0 Å². The molecule has 0 spiro atoms. The van der Waals surface area contributed by atoms with Crippen LogP contribution >= 0.6 is 0 Å². The Kier molecular flexibility index (Phi) is 3.43. The van der Waals surface area contributed by atoms with Crippen molar-refractivity contribution in [2.75, 3.05) is 5.73 Å². The molecular weight excluding hydrogens is 208 g/mol.